The average molecular weight is 577 g/mol. The van der Waals surface area contributed by atoms with Crippen molar-refractivity contribution in [3.8, 4) is 16.9 Å². The topological polar surface area (TPSA) is 78.9 Å². The van der Waals surface area contributed by atoms with E-state index in [1.807, 2.05) is 92.0 Å². The van der Waals surface area contributed by atoms with Crippen molar-refractivity contribution in [3.05, 3.63) is 119 Å². The van der Waals surface area contributed by atoms with Crippen LogP contribution in [0.3, 0.4) is 0 Å². The monoisotopic (exact) mass is 576 g/mol. The first-order valence-electron chi connectivity index (χ1n) is 13.5. The van der Waals surface area contributed by atoms with Crippen LogP contribution in [0.1, 0.15) is 34.9 Å². The Bertz CT molecular complexity index is 1470. The first kappa shape index (κ1) is 32.9. The quantitative estimate of drug-likeness (QED) is 0.235. The Morgan fingerprint density at radius 1 is 0.905 bits per heavy atom. The van der Waals surface area contributed by atoms with Gasteiger partial charge >= 0.3 is 24.8 Å². The third-order valence-corrected chi connectivity index (χ3v) is 7.65. The molecule has 2 N–H and O–H groups in total. The number of amides is 1. The predicted octanol–water partition coefficient (Wildman–Crippen LogP) is 3.93. The molecule has 0 saturated carbocycles. The largest absolute Gasteiger partial charge is 1.00 e. The van der Waals surface area contributed by atoms with Crippen molar-refractivity contribution < 1.29 is 39.7 Å². The summed E-state index contributed by atoms with van der Waals surface area (Å²) >= 11 is 1.55. The molecule has 0 aliphatic heterocycles. The van der Waals surface area contributed by atoms with Crippen molar-refractivity contribution in [2.45, 2.75) is 32.5 Å². The van der Waals surface area contributed by atoms with Crippen LogP contribution in [-0.2, 0) is 17.9 Å². The van der Waals surface area contributed by atoms with Crippen LogP contribution in [0.5, 0.6) is 5.75 Å². The molecule has 0 radical (unpaired) electrons. The number of carbonyl (C=O) groups excluding carboxylic acids is 1. The van der Waals surface area contributed by atoms with E-state index < -0.39 is 12.0 Å². The smallest absolute Gasteiger partial charge is 1.00 e. The number of aryl methyl sites for hydroxylation is 1. The maximum atomic E-state index is 13.5. The van der Waals surface area contributed by atoms with Gasteiger partial charge in [0.2, 0.25) is 0 Å². The van der Waals surface area contributed by atoms with Gasteiger partial charge in [0.15, 0.2) is 0 Å². The van der Waals surface area contributed by atoms with Crippen LogP contribution in [0, 0.1) is 6.92 Å². The molecule has 0 fully saturated rings. The van der Waals surface area contributed by atoms with Crippen molar-refractivity contribution in [1.29, 1.82) is 0 Å². The summed E-state index contributed by atoms with van der Waals surface area (Å²) in [6.07, 6.45) is 2.28. The summed E-state index contributed by atoms with van der Waals surface area (Å²) in [5, 5.41) is 12.4. The fourth-order valence-electron chi connectivity index (χ4n) is 4.77. The number of hydrogen-bond acceptors (Lipinski definition) is 5. The minimum atomic E-state index is -1.03. The van der Waals surface area contributed by atoms with Crippen molar-refractivity contribution in [1.82, 2.24) is 5.32 Å². The van der Waals surface area contributed by atoms with Gasteiger partial charge in [-0.1, -0.05) is 60.7 Å². The summed E-state index contributed by atoms with van der Waals surface area (Å²) in [7, 11) is 1.66. The number of rotatable bonds is 13. The number of anilines is 1. The van der Waals surface area contributed by atoms with Gasteiger partial charge in [-0.2, -0.15) is 11.8 Å². The zero-order chi connectivity index (χ0) is 29.2. The van der Waals surface area contributed by atoms with E-state index in [0.29, 0.717) is 30.8 Å². The molecule has 4 aromatic rings. The summed E-state index contributed by atoms with van der Waals surface area (Å²) in [6, 6.07) is 31.1. The van der Waals surface area contributed by atoms with Gasteiger partial charge < -0.3 is 21.5 Å². The Morgan fingerprint density at radius 2 is 1.57 bits per heavy atom. The van der Waals surface area contributed by atoms with Crippen LogP contribution < -0.4 is 33.8 Å². The van der Waals surface area contributed by atoms with E-state index in [1.165, 1.54) is 5.56 Å². The van der Waals surface area contributed by atoms with E-state index in [0.717, 1.165) is 33.7 Å². The average Bonchev–Trinajstić information content (AvgIpc) is 2.99. The summed E-state index contributed by atoms with van der Waals surface area (Å²) in [5.74, 6) is 0.0172. The van der Waals surface area contributed by atoms with Crippen LogP contribution in [0.2, 0.25) is 0 Å². The number of nitrogens with one attached hydrogen (secondary N) is 1. The number of ether oxygens (including phenoxy) is 1. The molecule has 4 aromatic carbocycles. The van der Waals surface area contributed by atoms with Crippen LogP contribution >= 0.6 is 11.8 Å². The zero-order valence-electron chi connectivity index (χ0n) is 25.7. The zero-order valence-corrected chi connectivity index (χ0v) is 25.5. The van der Waals surface area contributed by atoms with Crippen molar-refractivity contribution in [2.24, 2.45) is 0 Å². The maximum absolute atomic E-state index is 13.5. The first-order valence-corrected chi connectivity index (χ1v) is 14.9. The van der Waals surface area contributed by atoms with Crippen LogP contribution in [0.25, 0.3) is 11.1 Å². The van der Waals surface area contributed by atoms with E-state index in [9.17, 15) is 14.7 Å². The second kappa shape index (κ2) is 16.1. The van der Waals surface area contributed by atoms with Crippen molar-refractivity contribution in [3.63, 3.8) is 0 Å². The SMILES string of the molecule is COc1ccc(N(Cc2ccccc2)Cc2ccc(C(=O)N[C@@H](CCSC)C(=O)O)c(-c3ccccc3C)c2)cc1.[H-].[Li+]. The van der Waals surface area contributed by atoms with E-state index in [4.69, 9.17) is 4.74 Å². The Kier molecular flexibility index (Phi) is 12.6. The number of carboxylic acid groups (broad SMARTS) is 1. The Hall–Kier alpha value is -3.63. The van der Waals surface area contributed by atoms with Crippen LogP contribution in [-0.4, -0.2) is 42.1 Å². The van der Waals surface area contributed by atoms with Crippen LogP contribution in [0.15, 0.2) is 97.1 Å². The minimum Gasteiger partial charge on any atom is -1.00 e. The number of hydrogen-bond donors (Lipinski definition) is 2. The minimum absolute atomic E-state index is 0. The van der Waals surface area contributed by atoms with Gasteiger partial charge in [0.05, 0.1) is 7.11 Å². The number of thioether (sulfide) groups is 1. The predicted molar refractivity (Wildman–Crippen MR) is 169 cm³/mol. The molecule has 42 heavy (non-hydrogen) atoms. The molecule has 6 nitrogen and oxygen atoms in total. The number of aliphatic carboxylic acids is 1. The molecule has 0 bridgehead atoms. The number of methoxy groups -OCH3 is 1. The van der Waals surface area contributed by atoms with E-state index >= 15 is 0 Å². The summed E-state index contributed by atoms with van der Waals surface area (Å²) in [5.41, 5.74) is 6.47. The number of carboxylic acids is 1. The normalized spacial score (nSPS) is 11.2. The molecule has 0 aromatic heterocycles. The summed E-state index contributed by atoms with van der Waals surface area (Å²) in [4.78, 5) is 27.6. The fourth-order valence-corrected chi connectivity index (χ4v) is 5.24. The maximum Gasteiger partial charge on any atom is 1.00 e. The number of carbonyl (C=O) groups is 2. The van der Waals surface area contributed by atoms with Gasteiger partial charge in [0.25, 0.3) is 5.91 Å². The Balaban J connectivity index is 0.00000323. The van der Waals surface area contributed by atoms with E-state index in [2.05, 4.69) is 28.4 Å². The Labute approximate surface area is 266 Å². The summed E-state index contributed by atoms with van der Waals surface area (Å²) in [6.45, 7) is 3.32. The molecule has 4 rings (SSSR count). The molecule has 0 unspecified atom stereocenters. The summed E-state index contributed by atoms with van der Waals surface area (Å²) < 4.78 is 5.37. The molecular formula is C34H37LiN2O4S. The van der Waals surface area contributed by atoms with Gasteiger partial charge in [-0.25, -0.2) is 4.79 Å². The second-order valence-electron chi connectivity index (χ2n) is 9.88. The molecule has 214 valence electrons. The molecule has 0 aliphatic rings. The van der Waals surface area contributed by atoms with Gasteiger partial charge in [0.1, 0.15) is 11.8 Å². The van der Waals surface area contributed by atoms with Gasteiger partial charge in [-0.3, -0.25) is 4.79 Å². The molecule has 1 amide bonds. The van der Waals surface area contributed by atoms with Gasteiger partial charge in [0, 0.05) is 24.3 Å². The standard InChI is InChI=1S/C34H36N2O4S.Li.H/c1-24-9-7-8-12-29(24)31-21-26(13-18-30(31)33(37)35-32(34(38)39)19-20-41-3)23-36(22-25-10-5-4-6-11-25)27-14-16-28(40-2)17-15-27;;/h4-18,21,32H,19-20,22-23H2,1-3H3,(H,35,37)(H,38,39);;/q;+1;-1/t32-;;/m0../s1. The molecule has 0 saturated heterocycles. The molecular weight excluding hydrogens is 539 g/mol. The first-order chi connectivity index (χ1) is 19.9. The second-order valence-corrected chi connectivity index (χ2v) is 10.9. The van der Waals surface area contributed by atoms with E-state index in [-0.39, 0.29) is 26.2 Å². The van der Waals surface area contributed by atoms with Crippen molar-refractivity contribution >= 4 is 29.3 Å². The van der Waals surface area contributed by atoms with Gasteiger partial charge in [-0.05, 0) is 89.6 Å². The Morgan fingerprint density at radius 3 is 2.21 bits per heavy atom. The molecule has 0 spiro atoms. The molecule has 0 heterocycles. The third kappa shape index (κ3) is 8.69. The number of benzene rings is 4. The molecule has 0 aliphatic carbocycles. The molecule has 1 atom stereocenters. The van der Waals surface area contributed by atoms with Crippen molar-refractivity contribution in [2.75, 3.05) is 24.0 Å². The third-order valence-electron chi connectivity index (χ3n) is 7.01. The molecule has 8 heteroatoms. The number of nitrogens with zero attached hydrogens (tertiary/aromatic N) is 1. The van der Waals surface area contributed by atoms with Gasteiger partial charge in [-0.15, -0.1) is 0 Å². The van der Waals surface area contributed by atoms with Crippen LogP contribution in [0.4, 0.5) is 5.69 Å². The fraction of sp³-hybridized carbons (Fsp3) is 0.235. The van der Waals surface area contributed by atoms with E-state index in [1.54, 1.807) is 18.9 Å².